The maximum Gasteiger partial charge on any atom is 0.276 e. The van der Waals surface area contributed by atoms with Crippen LogP contribution in [0.1, 0.15) is 66.9 Å². The van der Waals surface area contributed by atoms with Gasteiger partial charge in [-0.15, -0.1) is 0 Å². The van der Waals surface area contributed by atoms with Crippen molar-refractivity contribution in [1.82, 2.24) is 20.2 Å². The molecule has 2 unspecified atom stereocenters. The van der Waals surface area contributed by atoms with Gasteiger partial charge in [0.05, 0.1) is 19.8 Å². The number of nitrogens with one attached hydrogen (secondary N) is 2. The predicted molar refractivity (Wildman–Crippen MR) is 150 cm³/mol. The molecule has 3 heterocycles. The molecule has 1 aromatic heterocycles. The lowest BCUT2D eigenvalue weighted by molar-refractivity contribution is -0.0533. The van der Waals surface area contributed by atoms with Crippen molar-refractivity contribution in [3.8, 4) is 5.75 Å². The third-order valence-corrected chi connectivity index (χ3v) is 8.66. The molecule has 0 spiro atoms. The summed E-state index contributed by atoms with van der Waals surface area (Å²) in [6.45, 7) is 3.54. The van der Waals surface area contributed by atoms with Gasteiger partial charge in [-0.3, -0.25) is 4.79 Å². The van der Waals surface area contributed by atoms with Crippen molar-refractivity contribution in [2.45, 2.75) is 69.1 Å². The summed E-state index contributed by atoms with van der Waals surface area (Å²) in [6.07, 6.45) is 9.08. The maximum atomic E-state index is 13.5. The minimum absolute atomic E-state index is 0.0763. The van der Waals surface area contributed by atoms with E-state index in [-0.39, 0.29) is 12.0 Å². The predicted octanol–water partition coefficient (Wildman–Crippen LogP) is 3.87. The summed E-state index contributed by atoms with van der Waals surface area (Å²) in [5, 5.41) is 7.24. The first-order valence-corrected chi connectivity index (χ1v) is 14.5. The standard InChI is InChI=1S/C30H43N5O4/c1-37-26-19-39-16-13-25(26)34-24-11-14-35(15-12-24)30(36)27-28(38-2)29(33-20-32-27)31-18-21-7-6-10-23(17-21)22-8-4-3-5-9-22/h3-5,8-9,20-21,23-26,34H,6-7,10-19H2,1-2H3,(H,31,32,33)/t21-,23+,25?,26?/m0/s1. The number of hydrogen-bond acceptors (Lipinski definition) is 8. The molecular formula is C30H43N5O4. The minimum Gasteiger partial charge on any atom is -0.491 e. The van der Waals surface area contributed by atoms with Crippen LogP contribution in [0.2, 0.25) is 0 Å². The number of rotatable bonds is 9. The first-order chi connectivity index (χ1) is 19.2. The topological polar surface area (TPSA) is 97.8 Å². The van der Waals surface area contributed by atoms with Crippen LogP contribution in [0.5, 0.6) is 5.75 Å². The second-order valence-electron chi connectivity index (χ2n) is 11.1. The molecule has 2 aliphatic heterocycles. The lowest BCUT2D eigenvalue weighted by Gasteiger charge is -2.38. The van der Waals surface area contributed by atoms with Gasteiger partial charge >= 0.3 is 0 Å². The number of methoxy groups -OCH3 is 2. The first-order valence-electron chi connectivity index (χ1n) is 14.5. The van der Waals surface area contributed by atoms with Gasteiger partial charge in [-0.25, -0.2) is 9.97 Å². The zero-order valence-corrected chi connectivity index (χ0v) is 23.3. The number of benzene rings is 1. The molecule has 1 aliphatic carbocycles. The fraction of sp³-hybridized carbons (Fsp3) is 0.633. The second-order valence-corrected chi connectivity index (χ2v) is 11.1. The van der Waals surface area contributed by atoms with Crippen molar-refractivity contribution in [3.63, 3.8) is 0 Å². The van der Waals surface area contributed by atoms with Gasteiger partial charge in [-0.1, -0.05) is 36.8 Å². The molecule has 0 radical (unpaired) electrons. The number of carbonyl (C=O) groups excluding carboxylic acids is 1. The Morgan fingerprint density at radius 1 is 1.08 bits per heavy atom. The molecule has 2 saturated heterocycles. The summed E-state index contributed by atoms with van der Waals surface area (Å²) >= 11 is 0. The van der Waals surface area contributed by atoms with E-state index in [0.717, 1.165) is 38.8 Å². The Balaban J connectivity index is 1.16. The number of hydrogen-bond donors (Lipinski definition) is 2. The Kier molecular flexibility index (Phi) is 9.66. The largest absolute Gasteiger partial charge is 0.491 e. The summed E-state index contributed by atoms with van der Waals surface area (Å²) in [6, 6.07) is 11.5. The zero-order valence-electron chi connectivity index (χ0n) is 23.3. The van der Waals surface area contributed by atoms with E-state index in [0.29, 0.717) is 60.9 Å². The molecule has 9 heteroatoms. The number of likely N-dealkylation sites (tertiary alicyclic amines) is 1. The van der Waals surface area contributed by atoms with E-state index in [4.69, 9.17) is 14.2 Å². The van der Waals surface area contributed by atoms with Gasteiger partial charge < -0.3 is 29.7 Å². The molecular weight excluding hydrogens is 494 g/mol. The number of amides is 1. The smallest absolute Gasteiger partial charge is 0.276 e. The lowest BCUT2D eigenvalue weighted by Crippen LogP contribution is -2.54. The van der Waals surface area contributed by atoms with Crippen molar-refractivity contribution < 1.29 is 19.0 Å². The number of piperidine rings is 1. The van der Waals surface area contributed by atoms with Crippen LogP contribution in [0, 0.1) is 5.92 Å². The van der Waals surface area contributed by atoms with Crippen LogP contribution >= 0.6 is 0 Å². The summed E-state index contributed by atoms with van der Waals surface area (Å²) in [5.74, 6) is 2.07. The molecule has 3 fully saturated rings. The molecule has 4 atom stereocenters. The third kappa shape index (κ3) is 6.88. The van der Waals surface area contributed by atoms with Crippen molar-refractivity contribution in [3.05, 3.63) is 47.9 Å². The number of aromatic nitrogens is 2. The van der Waals surface area contributed by atoms with Gasteiger partial charge in [0.15, 0.2) is 17.3 Å². The molecule has 9 nitrogen and oxygen atoms in total. The fourth-order valence-corrected chi connectivity index (χ4v) is 6.43. The van der Waals surface area contributed by atoms with E-state index in [1.54, 1.807) is 14.2 Å². The van der Waals surface area contributed by atoms with E-state index in [1.165, 1.54) is 31.2 Å². The van der Waals surface area contributed by atoms with Gasteiger partial charge in [0, 0.05) is 45.4 Å². The highest BCUT2D eigenvalue weighted by Gasteiger charge is 2.32. The van der Waals surface area contributed by atoms with Crippen LogP contribution < -0.4 is 15.4 Å². The van der Waals surface area contributed by atoms with Crippen molar-refractivity contribution >= 4 is 11.7 Å². The normalized spacial score (nSPS) is 26.3. The van der Waals surface area contributed by atoms with E-state index in [1.807, 2.05) is 4.90 Å². The van der Waals surface area contributed by atoms with Crippen LogP contribution in [0.4, 0.5) is 5.82 Å². The third-order valence-electron chi connectivity index (χ3n) is 8.66. The second kappa shape index (κ2) is 13.5. The highest BCUT2D eigenvalue weighted by Crippen LogP contribution is 2.36. The number of ether oxygens (including phenoxy) is 3. The molecule has 1 amide bonds. The van der Waals surface area contributed by atoms with E-state index in [9.17, 15) is 4.79 Å². The quantitative estimate of drug-likeness (QED) is 0.498. The molecule has 1 saturated carbocycles. The first kappa shape index (κ1) is 27.8. The Morgan fingerprint density at radius 2 is 1.90 bits per heavy atom. The van der Waals surface area contributed by atoms with Crippen LogP contribution in [0.3, 0.4) is 0 Å². The van der Waals surface area contributed by atoms with Gasteiger partial charge in [0.1, 0.15) is 6.33 Å². The molecule has 1 aromatic carbocycles. The van der Waals surface area contributed by atoms with E-state index in [2.05, 4.69) is 50.9 Å². The van der Waals surface area contributed by atoms with E-state index >= 15 is 0 Å². The summed E-state index contributed by atoms with van der Waals surface area (Å²) in [7, 11) is 3.33. The monoisotopic (exact) mass is 537 g/mol. The lowest BCUT2D eigenvalue weighted by atomic mass is 9.78. The Morgan fingerprint density at radius 3 is 2.67 bits per heavy atom. The number of nitrogens with zero attached hydrogens (tertiary/aromatic N) is 3. The summed E-state index contributed by atoms with van der Waals surface area (Å²) in [5.41, 5.74) is 1.76. The molecule has 2 N–H and O–H groups in total. The Labute approximate surface area is 232 Å². The zero-order chi connectivity index (χ0) is 27.0. The van der Waals surface area contributed by atoms with Crippen LogP contribution in [-0.2, 0) is 9.47 Å². The van der Waals surface area contributed by atoms with E-state index < -0.39 is 0 Å². The molecule has 212 valence electrons. The maximum absolute atomic E-state index is 13.5. The SMILES string of the molecule is COc1c(NC[C@H]2CCC[C@@H](c3ccccc3)C2)ncnc1C(=O)N1CCC(NC2CCOCC2OC)CC1. The molecule has 3 aliphatic rings. The van der Waals surface area contributed by atoms with Crippen molar-refractivity contribution in [2.75, 3.05) is 52.4 Å². The van der Waals surface area contributed by atoms with Crippen LogP contribution in [-0.4, -0.2) is 86.0 Å². The Hall–Kier alpha value is -2.75. The molecule has 39 heavy (non-hydrogen) atoms. The number of anilines is 1. The fourth-order valence-electron chi connectivity index (χ4n) is 6.43. The van der Waals surface area contributed by atoms with Crippen molar-refractivity contribution in [1.29, 1.82) is 0 Å². The van der Waals surface area contributed by atoms with Gasteiger partial charge in [-0.05, 0) is 55.9 Å². The van der Waals surface area contributed by atoms with Crippen LogP contribution in [0.15, 0.2) is 36.7 Å². The van der Waals surface area contributed by atoms with Crippen molar-refractivity contribution in [2.24, 2.45) is 5.92 Å². The molecule has 2 aromatic rings. The van der Waals surface area contributed by atoms with Gasteiger partial charge in [0.25, 0.3) is 5.91 Å². The van der Waals surface area contributed by atoms with Gasteiger partial charge in [-0.2, -0.15) is 0 Å². The summed E-state index contributed by atoms with van der Waals surface area (Å²) in [4.78, 5) is 24.2. The highest BCUT2D eigenvalue weighted by molar-refractivity contribution is 5.96. The van der Waals surface area contributed by atoms with Crippen LogP contribution in [0.25, 0.3) is 0 Å². The molecule has 0 bridgehead atoms. The Bertz CT molecular complexity index is 1060. The van der Waals surface area contributed by atoms with Gasteiger partial charge in [0.2, 0.25) is 0 Å². The number of carbonyl (C=O) groups is 1. The highest BCUT2D eigenvalue weighted by atomic mass is 16.5. The summed E-state index contributed by atoms with van der Waals surface area (Å²) < 4.78 is 16.8. The average Bonchev–Trinajstić information content (AvgIpc) is 3.00. The average molecular weight is 538 g/mol. The molecule has 5 rings (SSSR count). The minimum atomic E-state index is -0.0987.